The zero-order valence-electron chi connectivity index (χ0n) is 20.4. The Morgan fingerprint density at radius 2 is 1.66 bits per heavy atom. The predicted octanol–water partition coefficient (Wildman–Crippen LogP) is 3.42. The summed E-state index contributed by atoms with van der Waals surface area (Å²) in [5.74, 6) is -0.646. The first-order valence-electron chi connectivity index (χ1n) is 12.2. The Morgan fingerprint density at radius 3 is 2.34 bits per heavy atom. The van der Waals surface area contributed by atoms with Crippen molar-refractivity contribution in [2.24, 2.45) is 5.92 Å². The minimum atomic E-state index is -3.69. The van der Waals surface area contributed by atoms with E-state index in [9.17, 15) is 18.0 Å². The molecule has 9 heteroatoms. The number of amides is 2. The minimum absolute atomic E-state index is 0.0991. The number of para-hydroxylation sites is 1. The van der Waals surface area contributed by atoms with Crippen LogP contribution >= 0.6 is 0 Å². The third-order valence-electron chi connectivity index (χ3n) is 6.79. The van der Waals surface area contributed by atoms with Crippen molar-refractivity contribution in [3.8, 4) is 0 Å². The summed E-state index contributed by atoms with van der Waals surface area (Å²) < 4.78 is 26.8. The van der Waals surface area contributed by atoms with Crippen molar-refractivity contribution in [2.75, 3.05) is 50.5 Å². The highest BCUT2D eigenvalue weighted by atomic mass is 32.2. The maximum atomic E-state index is 13.8. The molecule has 0 aromatic heterocycles. The van der Waals surface area contributed by atoms with Crippen LogP contribution in [0.1, 0.15) is 42.5 Å². The summed E-state index contributed by atoms with van der Waals surface area (Å²) in [6.45, 7) is 2.52. The lowest BCUT2D eigenvalue weighted by Crippen LogP contribution is -2.44. The zero-order valence-corrected chi connectivity index (χ0v) is 21.3. The van der Waals surface area contributed by atoms with E-state index in [4.69, 9.17) is 0 Å². The van der Waals surface area contributed by atoms with Gasteiger partial charge in [0, 0.05) is 51.6 Å². The van der Waals surface area contributed by atoms with Gasteiger partial charge in [0.2, 0.25) is 15.9 Å². The van der Waals surface area contributed by atoms with Crippen molar-refractivity contribution in [3.63, 3.8) is 0 Å². The van der Waals surface area contributed by atoms with Crippen LogP contribution in [0.2, 0.25) is 0 Å². The van der Waals surface area contributed by atoms with Gasteiger partial charge >= 0.3 is 0 Å². The molecule has 0 bridgehead atoms. The fraction of sp³-hybridized carbons (Fsp3) is 0.462. The number of carbonyl (C=O) groups excluding carboxylic acids is 2. The molecule has 8 nitrogen and oxygen atoms in total. The molecule has 1 unspecified atom stereocenters. The maximum Gasteiger partial charge on any atom is 0.256 e. The van der Waals surface area contributed by atoms with E-state index in [1.165, 1.54) is 20.2 Å². The summed E-state index contributed by atoms with van der Waals surface area (Å²) in [4.78, 5) is 30.7. The molecule has 2 aliphatic heterocycles. The molecule has 35 heavy (non-hydrogen) atoms. The van der Waals surface area contributed by atoms with Crippen LogP contribution in [0.15, 0.2) is 53.4 Å². The summed E-state index contributed by atoms with van der Waals surface area (Å²) in [5.41, 5.74) is 1.89. The Balaban J connectivity index is 1.60. The van der Waals surface area contributed by atoms with Crippen LogP contribution in [0.3, 0.4) is 0 Å². The van der Waals surface area contributed by atoms with E-state index in [0.717, 1.165) is 48.0 Å². The molecular weight excluding hydrogens is 464 g/mol. The normalized spacial score (nSPS) is 19.0. The molecular formula is C26H34N4O4S. The second-order valence-electron chi connectivity index (χ2n) is 9.46. The molecule has 2 aromatic carbocycles. The van der Waals surface area contributed by atoms with Gasteiger partial charge < -0.3 is 15.1 Å². The molecule has 2 aliphatic rings. The number of rotatable bonds is 6. The number of nitrogens with one attached hydrogen (secondary N) is 1. The average molecular weight is 499 g/mol. The van der Waals surface area contributed by atoms with Crippen molar-refractivity contribution in [1.82, 2.24) is 9.21 Å². The summed E-state index contributed by atoms with van der Waals surface area (Å²) in [5, 5.41) is 2.95. The van der Waals surface area contributed by atoms with Gasteiger partial charge in [-0.1, -0.05) is 18.2 Å². The second kappa shape index (κ2) is 10.8. The fourth-order valence-corrected chi connectivity index (χ4v) is 5.71. The van der Waals surface area contributed by atoms with Gasteiger partial charge in [0.25, 0.3) is 5.91 Å². The lowest BCUT2D eigenvalue weighted by molar-refractivity contribution is -0.121. The van der Waals surface area contributed by atoms with E-state index >= 15 is 0 Å². The molecule has 2 saturated heterocycles. The Bertz CT molecular complexity index is 1160. The number of carbonyl (C=O) groups is 2. The van der Waals surface area contributed by atoms with Gasteiger partial charge in [-0.15, -0.1) is 0 Å². The molecule has 2 heterocycles. The van der Waals surface area contributed by atoms with Gasteiger partial charge in [0.1, 0.15) is 0 Å². The molecule has 188 valence electrons. The largest absolute Gasteiger partial charge is 0.371 e. The van der Waals surface area contributed by atoms with Crippen LogP contribution in [0.25, 0.3) is 0 Å². The lowest BCUT2D eigenvalue weighted by atomic mass is 9.96. The fourth-order valence-electron chi connectivity index (χ4n) is 4.78. The van der Waals surface area contributed by atoms with Crippen LogP contribution in [0.5, 0.6) is 0 Å². The maximum absolute atomic E-state index is 13.8. The Hall–Kier alpha value is -2.91. The molecule has 0 saturated carbocycles. The van der Waals surface area contributed by atoms with E-state index in [1.54, 1.807) is 17.0 Å². The number of anilines is 2. The van der Waals surface area contributed by atoms with Gasteiger partial charge in [-0.05, 0) is 62.4 Å². The second-order valence-corrected chi connectivity index (χ2v) is 11.6. The molecule has 2 amide bonds. The van der Waals surface area contributed by atoms with Crippen LogP contribution in [0, 0.1) is 5.92 Å². The molecule has 2 fully saturated rings. The Morgan fingerprint density at radius 1 is 0.943 bits per heavy atom. The van der Waals surface area contributed by atoms with Crippen molar-refractivity contribution >= 4 is 33.2 Å². The lowest BCUT2D eigenvalue weighted by Gasteiger charge is -2.35. The highest BCUT2D eigenvalue weighted by Gasteiger charge is 2.32. The van der Waals surface area contributed by atoms with E-state index in [1.807, 2.05) is 30.3 Å². The van der Waals surface area contributed by atoms with Crippen LogP contribution in [-0.2, 0) is 14.8 Å². The highest BCUT2D eigenvalue weighted by Crippen LogP contribution is 2.30. The molecule has 2 aromatic rings. The summed E-state index contributed by atoms with van der Waals surface area (Å²) >= 11 is 0. The molecule has 0 aliphatic carbocycles. The third kappa shape index (κ3) is 5.67. The van der Waals surface area contributed by atoms with Crippen molar-refractivity contribution in [2.45, 2.75) is 37.0 Å². The number of nitrogens with zero attached hydrogens (tertiary/aromatic N) is 3. The smallest absolute Gasteiger partial charge is 0.256 e. The number of hydrogen-bond acceptors (Lipinski definition) is 5. The molecule has 4 rings (SSSR count). The summed E-state index contributed by atoms with van der Waals surface area (Å²) in [6.07, 6.45) is 4.65. The minimum Gasteiger partial charge on any atom is -0.371 e. The standard InChI is InChI=1S/C26H34N4O4S/c1-28(2)35(33,34)22-13-14-24(29-15-7-4-8-16-29)23(18-22)26(32)30-17-9-10-20(19-30)25(31)27-21-11-5-3-6-12-21/h3,5-6,11-14,18,20H,4,7-10,15-17,19H2,1-2H3,(H,27,31). The van der Waals surface area contributed by atoms with E-state index in [-0.39, 0.29) is 22.6 Å². The highest BCUT2D eigenvalue weighted by molar-refractivity contribution is 7.89. The van der Waals surface area contributed by atoms with Crippen molar-refractivity contribution in [3.05, 3.63) is 54.1 Å². The van der Waals surface area contributed by atoms with Gasteiger partial charge in [0.15, 0.2) is 0 Å². The first-order valence-corrected chi connectivity index (χ1v) is 13.7. The van der Waals surface area contributed by atoms with Crippen LogP contribution in [0.4, 0.5) is 11.4 Å². The number of piperidine rings is 2. The van der Waals surface area contributed by atoms with Crippen LogP contribution in [-0.4, -0.2) is 69.7 Å². The molecule has 1 atom stereocenters. The number of hydrogen-bond donors (Lipinski definition) is 1. The molecule has 1 N–H and O–H groups in total. The Labute approximate surface area is 207 Å². The predicted molar refractivity (Wildman–Crippen MR) is 137 cm³/mol. The van der Waals surface area contributed by atoms with Gasteiger partial charge in [-0.2, -0.15) is 0 Å². The molecule has 0 spiro atoms. The number of sulfonamides is 1. The van der Waals surface area contributed by atoms with E-state index in [0.29, 0.717) is 31.5 Å². The quantitative estimate of drug-likeness (QED) is 0.659. The summed E-state index contributed by atoms with van der Waals surface area (Å²) in [7, 11) is -0.726. The Kier molecular flexibility index (Phi) is 7.76. The molecule has 0 radical (unpaired) electrons. The zero-order chi connectivity index (χ0) is 25.0. The SMILES string of the molecule is CN(C)S(=O)(=O)c1ccc(N2CCCCC2)c(C(=O)N2CCCC(C(=O)Nc3ccccc3)C2)c1. The van der Waals surface area contributed by atoms with E-state index in [2.05, 4.69) is 10.2 Å². The summed E-state index contributed by atoms with van der Waals surface area (Å²) in [6, 6.07) is 14.2. The number of benzene rings is 2. The van der Waals surface area contributed by atoms with Crippen molar-refractivity contribution < 1.29 is 18.0 Å². The van der Waals surface area contributed by atoms with Crippen LogP contribution < -0.4 is 10.2 Å². The topological polar surface area (TPSA) is 90.0 Å². The first-order chi connectivity index (χ1) is 16.8. The van der Waals surface area contributed by atoms with E-state index < -0.39 is 10.0 Å². The average Bonchev–Trinajstić information content (AvgIpc) is 2.89. The third-order valence-corrected chi connectivity index (χ3v) is 8.61. The van der Waals surface area contributed by atoms with Gasteiger partial charge in [0.05, 0.1) is 16.4 Å². The number of likely N-dealkylation sites (tertiary alicyclic amines) is 1. The van der Waals surface area contributed by atoms with Crippen molar-refractivity contribution in [1.29, 1.82) is 0 Å². The van der Waals surface area contributed by atoms with Gasteiger partial charge in [-0.25, -0.2) is 12.7 Å². The first kappa shape index (κ1) is 25.2. The monoisotopic (exact) mass is 498 g/mol. The van der Waals surface area contributed by atoms with Gasteiger partial charge in [-0.3, -0.25) is 9.59 Å².